The summed E-state index contributed by atoms with van der Waals surface area (Å²) in [5, 5.41) is 3.98. The third-order valence-electron chi connectivity index (χ3n) is 6.01. The Morgan fingerprint density at radius 1 is 1.26 bits per heavy atom. The Kier molecular flexibility index (Phi) is 6.32. The van der Waals surface area contributed by atoms with Crippen LogP contribution in [0.1, 0.15) is 45.3 Å². The van der Waals surface area contributed by atoms with E-state index in [0.717, 1.165) is 35.8 Å². The van der Waals surface area contributed by atoms with E-state index in [-0.39, 0.29) is 24.2 Å². The molecule has 0 aliphatic carbocycles. The smallest absolute Gasteiger partial charge is 0.336 e. The number of rotatable bonds is 7. The fourth-order valence-electron chi connectivity index (χ4n) is 4.63. The van der Waals surface area contributed by atoms with Crippen LogP contribution in [0.3, 0.4) is 0 Å². The van der Waals surface area contributed by atoms with E-state index in [4.69, 9.17) is 13.9 Å². The maximum absolute atomic E-state index is 13.0. The molecule has 1 aromatic heterocycles. The average Bonchev–Trinajstić information content (AvgIpc) is 3.32. The van der Waals surface area contributed by atoms with Gasteiger partial charge in [-0.2, -0.15) is 0 Å². The molecule has 7 nitrogen and oxygen atoms in total. The standard InChI is InChI=1S/C24H30N2O5/c1-15(2)30-12-6-11-25-24(28)26-17-9-10-19(26)22(23(27)29-3)18(14-17)21-13-16-7-4-5-8-20(16)31-21/h4-5,7-8,13,15,17,19H,6,9-12,14H2,1-3H3,(H,25,28)/t17-,19+/m0/s1. The lowest BCUT2D eigenvalue weighted by Gasteiger charge is -2.36. The molecule has 7 heteroatoms. The predicted octanol–water partition coefficient (Wildman–Crippen LogP) is 4.12. The summed E-state index contributed by atoms with van der Waals surface area (Å²) in [6.45, 7) is 5.12. The van der Waals surface area contributed by atoms with Crippen molar-refractivity contribution in [2.45, 2.75) is 57.7 Å². The second-order valence-corrected chi connectivity index (χ2v) is 8.40. The third kappa shape index (κ3) is 4.32. The monoisotopic (exact) mass is 426 g/mol. The van der Waals surface area contributed by atoms with E-state index in [1.807, 2.05) is 49.1 Å². The van der Waals surface area contributed by atoms with Gasteiger partial charge in [0.1, 0.15) is 11.3 Å². The summed E-state index contributed by atoms with van der Waals surface area (Å²) in [4.78, 5) is 27.6. The van der Waals surface area contributed by atoms with Crippen LogP contribution in [0.2, 0.25) is 0 Å². The third-order valence-corrected chi connectivity index (χ3v) is 6.01. The molecular weight excluding hydrogens is 396 g/mol. The van der Waals surface area contributed by atoms with Gasteiger partial charge in [-0.1, -0.05) is 18.2 Å². The van der Waals surface area contributed by atoms with Crippen molar-refractivity contribution < 1.29 is 23.5 Å². The van der Waals surface area contributed by atoms with Gasteiger partial charge in [0.25, 0.3) is 0 Å². The topological polar surface area (TPSA) is 81.0 Å². The van der Waals surface area contributed by atoms with E-state index in [1.165, 1.54) is 7.11 Å². The molecule has 0 unspecified atom stereocenters. The van der Waals surface area contributed by atoms with Gasteiger partial charge in [0.2, 0.25) is 0 Å². The van der Waals surface area contributed by atoms with Crippen LogP contribution in [0.25, 0.3) is 16.5 Å². The van der Waals surface area contributed by atoms with Crippen molar-refractivity contribution in [1.82, 2.24) is 10.2 Å². The SMILES string of the molecule is COC(=O)C1=C(c2cc3ccccc3o2)C[C@@H]2CC[C@H]1N2C(=O)NCCCOC(C)C. The van der Waals surface area contributed by atoms with Gasteiger partial charge in [-0.15, -0.1) is 0 Å². The van der Waals surface area contributed by atoms with Crippen LogP contribution in [-0.2, 0) is 14.3 Å². The molecule has 1 aromatic carbocycles. The number of carbonyl (C=O) groups is 2. The number of hydrogen-bond donors (Lipinski definition) is 1. The average molecular weight is 427 g/mol. The zero-order chi connectivity index (χ0) is 22.0. The molecule has 31 heavy (non-hydrogen) atoms. The van der Waals surface area contributed by atoms with E-state index in [9.17, 15) is 9.59 Å². The van der Waals surface area contributed by atoms with Crippen LogP contribution in [0.15, 0.2) is 40.3 Å². The predicted molar refractivity (Wildman–Crippen MR) is 118 cm³/mol. The minimum Gasteiger partial charge on any atom is -0.466 e. The first-order valence-corrected chi connectivity index (χ1v) is 11.0. The quantitative estimate of drug-likeness (QED) is 0.532. The Bertz CT molecular complexity index is 960. The highest BCUT2D eigenvalue weighted by Gasteiger charge is 2.47. The van der Waals surface area contributed by atoms with Crippen LogP contribution >= 0.6 is 0 Å². The van der Waals surface area contributed by atoms with Gasteiger partial charge < -0.3 is 24.1 Å². The number of ether oxygens (including phenoxy) is 2. The van der Waals surface area contributed by atoms with Crippen LogP contribution in [0.4, 0.5) is 4.79 Å². The van der Waals surface area contributed by atoms with Gasteiger partial charge >= 0.3 is 12.0 Å². The summed E-state index contributed by atoms with van der Waals surface area (Å²) in [5.41, 5.74) is 2.17. The summed E-state index contributed by atoms with van der Waals surface area (Å²) >= 11 is 0. The van der Waals surface area contributed by atoms with Crippen molar-refractivity contribution in [2.24, 2.45) is 0 Å². The van der Waals surface area contributed by atoms with Gasteiger partial charge in [0.15, 0.2) is 0 Å². The number of carbonyl (C=O) groups excluding carboxylic acids is 2. The molecule has 1 N–H and O–H groups in total. The molecule has 0 saturated carbocycles. The normalized spacial score (nSPS) is 20.6. The summed E-state index contributed by atoms with van der Waals surface area (Å²) in [7, 11) is 1.38. The van der Waals surface area contributed by atoms with Crippen LogP contribution in [0.5, 0.6) is 0 Å². The largest absolute Gasteiger partial charge is 0.466 e. The number of para-hydroxylation sites is 1. The minimum atomic E-state index is -0.399. The maximum atomic E-state index is 13.0. The molecule has 4 rings (SSSR count). The van der Waals surface area contributed by atoms with Crippen molar-refractivity contribution in [3.05, 3.63) is 41.7 Å². The van der Waals surface area contributed by atoms with Crippen molar-refractivity contribution in [1.29, 1.82) is 0 Å². The lowest BCUT2D eigenvalue weighted by Crippen LogP contribution is -2.51. The van der Waals surface area contributed by atoms with Gasteiger partial charge in [-0.3, -0.25) is 0 Å². The minimum absolute atomic E-state index is 0.0357. The molecule has 2 aliphatic heterocycles. The lowest BCUT2D eigenvalue weighted by atomic mass is 9.91. The fourth-order valence-corrected chi connectivity index (χ4v) is 4.63. The molecule has 2 aromatic rings. The molecule has 0 radical (unpaired) electrons. The number of amides is 2. The van der Waals surface area contributed by atoms with E-state index in [2.05, 4.69) is 5.32 Å². The van der Waals surface area contributed by atoms with Gasteiger partial charge in [0, 0.05) is 30.2 Å². The molecule has 1 fully saturated rings. The molecule has 1 saturated heterocycles. The zero-order valence-corrected chi connectivity index (χ0v) is 18.3. The molecular formula is C24H30N2O5. The Labute approximate surface area is 182 Å². The van der Waals surface area contributed by atoms with E-state index < -0.39 is 5.97 Å². The van der Waals surface area contributed by atoms with Crippen molar-refractivity contribution in [3.8, 4) is 0 Å². The maximum Gasteiger partial charge on any atom is 0.336 e. The Balaban J connectivity index is 1.56. The zero-order valence-electron chi connectivity index (χ0n) is 18.3. The Hall–Kier alpha value is -2.80. The van der Waals surface area contributed by atoms with Crippen molar-refractivity contribution >= 4 is 28.5 Å². The number of esters is 1. The van der Waals surface area contributed by atoms with Gasteiger partial charge in [-0.05, 0) is 51.7 Å². The number of methoxy groups -OCH3 is 1. The molecule has 0 spiro atoms. The summed E-state index contributed by atoms with van der Waals surface area (Å²) in [6.07, 6.45) is 3.08. The fraction of sp³-hybridized carbons (Fsp3) is 0.500. The number of benzene rings is 1. The summed E-state index contributed by atoms with van der Waals surface area (Å²) < 4.78 is 16.7. The number of hydrogen-bond acceptors (Lipinski definition) is 5. The van der Waals surface area contributed by atoms with E-state index in [1.54, 1.807) is 0 Å². The highest BCUT2D eigenvalue weighted by molar-refractivity contribution is 6.01. The molecule has 2 aliphatic rings. The second-order valence-electron chi connectivity index (χ2n) is 8.40. The van der Waals surface area contributed by atoms with Gasteiger partial charge in [-0.25, -0.2) is 9.59 Å². The van der Waals surface area contributed by atoms with Crippen LogP contribution in [0, 0.1) is 0 Å². The first-order chi connectivity index (χ1) is 15.0. The number of nitrogens with one attached hydrogen (secondary N) is 1. The van der Waals surface area contributed by atoms with Crippen LogP contribution < -0.4 is 5.32 Å². The van der Waals surface area contributed by atoms with Crippen molar-refractivity contribution in [3.63, 3.8) is 0 Å². The van der Waals surface area contributed by atoms with E-state index >= 15 is 0 Å². The molecule has 2 amide bonds. The first kappa shape index (κ1) is 21.4. The molecule has 2 bridgehead atoms. The molecule has 2 atom stereocenters. The second kappa shape index (κ2) is 9.14. The Morgan fingerprint density at radius 3 is 2.81 bits per heavy atom. The van der Waals surface area contributed by atoms with Crippen LogP contribution in [-0.4, -0.2) is 55.3 Å². The van der Waals surface area contributed by atoms with Gasteiger partial charge in [0.05, 0.1) is 24.8 Å². The summed E-state index contributed by atoms with van der Waals surface area (Å²) in [6, 6.07) is 9.35. The highest BCUT2D eigenvalue weighted by atomic mass is 16.5. The number of fused-ring (bicyclic) bond motifs is 3. The summed E-state index contributed by atoms with van der Waals surface area (Å²) in [5.74, 6) is 0.285. The molecule has 166 valence electrons. The number of furan rings is 1. The number of nitrogens with zero attached hydrogens (tertiary/aromatic N) is 1. The van der Waals surface area contributed by atoms with E-state index in [0.29, 0.717) is 30.9 Å². The molecule has 3 heterocycles. The number of urea groups is 1. The lowest BCUT2D eigenvalue weighted by molar-refractivity contribution is -0.136. The Morgan fingerprint density at radius 2 is 2.06 bits per heavy atom. The first-order valence-electron chi connectivity index (χ1n) is 11.0. The van der Waals surface area contributed by atoms with Crippen molar-refractivity contribution in [2.75, 3.05) is 20.3 Å². The highest BCUT2D eigenvalue weighted by Crippen LogP contribution is 2.44.